The Morgan fingerprint density at radius 1 is 1.29 bits per heavy atom. The van der Waals surface area contributed by atoms with Gasteiger partial charge in [0.2, 0.25) is 0 Å². The zero-order valence-corrected chi connectivity index (χ0v) is 12.8. The third-order valence-corrected chi connectivity index (χ3v) is 5.08. The Hall–Kier alpha value is -1.73. The quantitative estimate of drug-likeness (QED) is 0.836. The topological polar surface area (TPSA) is 90.9 Å². The van der Waals surface area contributed by atoms with E-state index in [0.717, 1.165) is 5.69 Å². The highest BCUT2D eigenvalue weighted by Crippen LogP contribution is 2.14. The number of sulfone groups is 1. The normalized spacial score (nSPS) is 13.2. The maximum atomic E-state index is 11.4. The van der Waals surface area contributed by atoms with Crippen molar-refractivity contribution in [2.75, 3.05) is 11.5 Å². The highest BCUT2D eigenvalue weighted by Gasteiger charge is 2.13. The first kappa shape index (κ1) is 15.7. The van der Waals surface area contributed by atoms with E-state index in [-0.39, 0.29) is 17.5 Å². The van der Waals surface area contributed by atoms with Crippen molar-refractivity contribution in [1.82, 2.24) is 15.0 Å². The van der Waals surface area contributed by atoms with Gasteiger partial charge in [0, 0.05) is 5.75 Å². The second-order valence-electron chi connectivity index (χ2n) is 4.88. The third-order valence-electron chi connectivity index (χ3n) is 3.29. The number of nitrogens with two attached hydrogens (primary N) is 1. The van der Waals surface area contributed by atoms with E-state index in [1.54, 1.807) is 13.1 Å². The van der Waals surface area contributed by atoms with Gasteiger partial charge in [-0.3, -0.25) is 0 Å². The van der Waals surface area contributed by atoms with Crippen LogP contribution in [0.1, 0.15) is 31.5 Å². The predicted molar refractivity (Wildman–Crippen MR) is 81.8 cm³/mol. The van der Waals surface area contributed by atoms with Crippen LogP contribution < -0.4 is 5.73 Å². The summed E-state index contributed by atoms with van der Waals surface area (Å²) in [6.45, 7) is 1.65. The SMILES string of the molecule is CCS(=O)(=O)CCCC(N)c1cnn(-c2ccccc2)n1. The Balaban J connectivity index is 1.95. The molecule has 0 bridgehead atoms. The van der Waals surface area contributed by atoms with Gasteiger partial charge in [0.25, 0.3) is 0 Å². The molecule has 0 saturated carbocycles. The van der Waals surface area contributed by atoms with Gasteiger partial charge < -0.3 is 5.73 Å². The maximum absolute atomic E-state index is 11.4. The number of hydrogen-bond donors (Lipinski definition) is 1. The van der Waals surface area contributed by atoms with Gasteiger partial charge in [-0.2, -0.15) is 15.0 Å². The number of para-hydroxylation sites is 1. The van der Waals surface area contributed by atoms with E-state index < -0.39 is 9.84 Å². The van der Waals surface area contributed by atoms with Gasteiger partial charge in [-0.15, -0.1) is 0 Å². The molecular weight excluding hydrogens is 288 g/mol. The van der Waals surface area contributed by atoms with Gasteiger partial charge in [0.05, 0.1) is 29.4 Å². The molecule has 0 aliphatic rings. The van der Waals surface area contributed by atoms with Gasteiger partial charge >= 0.3 is 0 Å². The minimum atomic E-state index is -2.93. The summed E-state index contributed by atoms with van der Waals surface area (Å²) in [5.74, 6) is 0.344. The fourth-order valence-electron chi connectivity index (χ4n) is 1.95. The van der Waals surface area contributed by atoms with Gasteiger partial charge in [0.15, 0.2) is 0 Å². The molecule has 0 amide bonds. The van der Waals surface area contributed by atoms with Crippen LogP contribution in [-0.2, 0) is 9.84 Å². The Kier molecular flexibility index (Phi) is 5.08. The third kappa shape index (κ3) is 4.37. The van der Waals surface area contributed by atoms with Crippen LogP contribution in [0, 0.1) is 0 Å². The molecule has 1 heterocycles. The van der Waals surface area contributed by atoms with Crippen LogP contribution in [0.5, 0.6) is 0 Å². The summed E-state index contributed by atoms with van der Waals surface area (Å²) in [4.78, 5) is 1.53. The lowest BCUT2D eigenvalue weighted by molar-refractivity contribution is 0.578. The molecule has 0 fully saturated rings. The minimum Gasteiger partial charge on any atom is -0.323 e. The average molecular weight is 308 g/mol. The van der Waals surface area contributed by atoms with Crippen molar-refractivity contribution in [1.29, 1.82) is 0 Å². The monoisotopic (exact) mass is 308 g/mol. The molecule has 6 nitrogen and oxygen atoms in total. The molecule has 0 aliphatic carbocycles. The fraction of sp³-hybridized carbons (Fsp3) is 0.429. The van der Waals surface area contributed by atoms with E-state index in [1.807, 2.05) is 30.3 Å². The number of hydrogen-bond acceptors (Lipinski definition) is 5. The molecule has 0 aliphatic heterocycles. The summed E-state index contributed by atoms with van der Waals surface area (Å²) >= 11 is 0. The summed E-state index contributed by atoms with van der Waals surface area (Å²) in [7, 11) is -2.93. The highest BCUT2D eigenvalue weighted by molar-refractivity contribution is 7.91. The van der Waals surface area contributed by atoms with E-state index in [1.165, 1.54) is 4.80 Å². The highest BCUT2D eigenvalue weighted by atomic mass is 32.2. The Labute approximate surface area is 124 Å². The first-order chi connectivity index (χ1) is 10.0. The molecule has 0 radical (unpaired) electrons. The van der Waals surface area contributed by atoms with Crippen molar-refractivity contribution in [2.24, 2.45) is 5.73 Å². The molecule has 2 aromatic rings. The number of rotatable bonds is 7. The Bertz CT molecular complexity index is 667. The molecule has 2 N–H and O–H groups in total. The molecular formula is C14H20N4O2S. The molecule has 0 spiro atoms. The van der Waals surface area contributed by atoms with Crippen LogP contribution in [0.25, 0.3) is 5.69 Å². The standard InChI is InChI=1S/C14H20N4O2S/c1-2-21(19,20)10-6-9-13(15)14-11-16-18(17-14)12-7-4-3-5-8-12/h3-5,7-8,11,13H,2,6,9-10,15H2,1H3. The number of nitrogens with zero attached hydrogens (tertiary/aromatic N) is 3. The first-order valence-electron chi connectivity index (χ1n) is 6.95. The second-order valence-corrected chi connectivity index (χ2v) is 7.35. The van der Waals surface area contributed by atoms with Gasteiger partial charge in [-0.1, -0.05) is 25.1 Å². The largest absolute Gasteiger partial charge is 0.323 e. The molecule has 114 valence electrons. The molecule has 1 aromatic carbocycles. The summed E-state index contributed by atoms with van der Waals surface area (Å²) in [5.41, 5.74) is 7.59. The smallest absolute Gasteiger partial charge is 0.150 e. The fourth-order valence-corrected chi connectivity index (χ4v) is 2.84. The molecule has 2 rings (SSSR count). The molecule has 21 heavy (non-hydrogen) atoms. The van der Waals surface area contributed by atoms with Gasteiger partial charge in [0.1, 0.15) is 9.84 Å². The van der Waals surface area contributed by atoms with Crippen LogP contribution in [0.3, 0.4) is 0 Å². The Morgan fingerprint density at radius 3 is 2.67 bits per heavy atom. The molecule has 1 aromatic heterocycles. The van der Waals surface area contributed by atoms with Gasteiger partial charge in [-0.05, 0) is 25.0 Å². The summed E-state index contributed by atoms with van der Waals surface area (Å²) in [6.07, 6.45) is 2.74. The van der Waals surface area contributed by atoms with Crippen LogP contribution in [-0.4, -0.2) is 34.9 Å². The van der Waals surface area contributed by atoms with Crippen LogP contribution in [0.2, 0.25) is 0 Å². The number of benzene rings is 1. The first-order valence-corrected chi connectivity index (χ1v) is 8.77. The lowest BCUT2D eigenvalue weighted by atomic mass is 10.1. The van der Waals surface area contributed by atoms with E-state index in [9.17, 15) is 8.42 Å². The van der Waals surface area contributed by atoms with Crippen molar-refractivity contribution in [3.05, 3.63) is 42.2 Å². The zero-order valence-electron chi connectivity index (χ0n) is 12.0. The van der Waals surface area contributed by atoms with E-state index >= 15 is 0 Å². The second kappa shape index (κ2) is 6.82. The van der Waals surface area contributed by atoms with Crippen LogP contribution in [0.15, 0.2) is 36.5 Å². The summed E-state index contributed by atoms with van der Waals surface area (Å²) in [6, 6.07) is 9.26. The lowest BCUT2D eigenvalue weighted by Crippen LogP contribution is -2.15. The van der Waals surface area contributed by atoms with Gasteiger partial charge in [-0.25, -0.2) is 8.42 Å². The summed E-state index contributed by atoms with van der Waals surface area (Å²) < 4.78 is 22.9. The molecule has 7 heteroatoms. The Morgan fingerprint density at radius 2 is 2.00 bits per heavy atom. The minimum absolute atomic E-state index is 0.171. The van der Waals surface area contributed by atoms with Crippen molar-refractivity contribution in [3.63, 3.8) is 0 Å². The lowest BCUT2D eigenvalue weighted by Gasteiger charge is -2.07. The predicted octanol–water partition coefficient (Wildman–Crippen LogP) is 1.48. The molecule has 1 unspecified atom stereocenters. The summed E-state index contributed by atoms with van der Waals surface area (Å²) in [5, 5.41) is 8.53. The van der Waals surface area contributed by atoms with E-state index in [2.05, 4.69) is 10.2 Å². The van der Waals surface area contributed by atoms with Crippen molar-refractivity contribution >= 4 is 9.84 Å². The van der Waals surface area contributed by atoms with Crippen molar-refractivity contribution in [2.45, 2.75) is 25.8 Å². The molecule has 0 saturated heterocycles. The maximum Gasteiger partial charge on any atom is 0.150 e. The zero-order chi connectivity index (χ0) is 15.3. The molecule has 1 atom stereocenters. The van der Waals surface area contributed by atoms with Crippen molar-refractivity contribution < 1.29 is 8.42 Å². The number of aromatic nitrogens is 3. The van der Waals surface area contributed by atoms with Crippen molar-refractivity contribution in [3.8, 4) is 5.69 Å². The van der Waals surface area contributed by atoms with E-state index in [0.29, 0.717) is 18.5 Å². The van der Waals surface area contributed by atoms with E-state index in [4.69, 9.17) is 5.73 Å². The average Bonchev–Trinajstić information content (AvgIpc) is 2.98. The van der Waals surface area contributed by atoms with Crippen LogP contribution >= 0.6 is 0 Å². The van der Waals surface area contributed by atoms with Crippen LogP contribution in [0.4, 0.5) is 0 Å².